The lowest BCUT2D eigenvalue weighted by Gasteiger charge is -2.26. The van der Waals surface area contributed by atoms with Crippen LogP contribution in [-0.2, 0) is 17.9 Å². The number of aromatic nitrogens is 1. The number of halogens is 2. The van der Waals surface area contributed by atoms with E-state index in [2.05, 4.69) is 4.98 Å². The van der Waals surface area contributed by atoms with E-state index in [1.807, 2.05) is 13.8 Å². The Balaban J connectivity index is 0.00000176. The molecule has 1 aromatic heterocycles. The number of anilines is 1. The SMILES string of the molecule is CC.CON(C)c1c(CN(C)Cc2c(F)ccc(C)c2F)c(C=O)c(O)c2ncccc12. The molecule has 172 valence electrons. The highest BCUT2D eigenvalue weighted by molar-refractivity contribution is 6.03. The molecule has 0 bridgehead atoms. The minimum atomic E-state index is -0.639. The number of pyridine rings is 1. The Morgan fingerprint density at radius 1 is 1.12 bits per heavy atom. The van der Waals surface area contributed by atoms with Crippen LogP contribution in [-0.4, -0.2) is 42.5 Å². The van der Waals surface area contributed by atoms with Gasteiger partial charge in [0.1, 0.15) is 17.2 Å². The number of phenols is 1. The van der Waals surface area contributed by atoms with Crippen molar-refractivity contribution >= 4 is 22.9 Å². The lowest BCUT2D eigenvalue weighted by molar-refractivity contribution is 0.111. The summed E-state index contributed by atoms with van der Waals surface area (Å²) >= 11 is 0. The first-order valence-corrected chi connectivity index (χ1v) is 10.3. The molecule has 0 radical (unpaired) electrons. The summed E-state index contributed by atoms with van der Waals surface area (Å²) in [6.45, 7) is 5.67. The third-order valence-corrected chi connectivity index (χ3v) is 5.10. The number of hydrogen-bond donors (Lipinski definition) is 1. The van der Waals surface area contributed by atoms with E-state index in [9.17, 15) is 18.7 Å². The maximum absolute atomic E-state index is 14.4. The van der Waals surface area contributed by atoms with E-state index in [0.717, 1.165) is 0 Å². The highest BCUT2D eigenvalue weighted by atomic mass is 19.1. The van der Waals surface area contributed by atoms with Gasteiger partial charge >= 0.3 is 0 Å². The summed E-state index contributed by atoms with van der Waals surface area (Å²) in [5, 5.41) is 12.7. The van der Waals surface area contributed by atoms with E-state index in [1.54, 1.807) is 38.1 Å². The zero-order chi connectivity index (χ0) is 24.0. The summed E-state index contributed by atoms with van der Waals surface area (Å²) in [5.74, 6) is -1.48. The number of phenolic OH excluding ortho intramolecular Hbond substituents is 1. The second-order valence-corrected chi connectivity index (χ2v) is 7.12. The monoisotopic (exact) mass is 445 g/mol. The van der Waals surface area contributed by atoms with Crippen molar-refractivity contribution in [3.8, 4) is 5.75 Å². The lowest BCUT2D eigenvalue weighted by atomic mass is 9.99. The molecule has 0 saturated carbocycles. The van der Waals surface area contributed by atoms with Gasteiger partial charge in [-0.25, -0.2) is 8.78 Å². The average molecular weight is 446 g/mol. The van der Waals surface area contributed by atoms with Crippen molar-refractivity contribution in [1.82, 2.24) is 9.88 Å². The first-order valence-electron chi connectivity index (χ1n) is 10.3. The predicted molar refractivity (Wildman–Crippen MR) is 122 cm³/mol. The van der Waals surface area contributed by atoms with Crippen molar-refractivity contribution in [1.29, 1.82) is 0 Å². The number of rotatable bonds is 7. The Kier molecular flexibility index (Phi) is 8.63. The molecule has 3 aromatic rings. The number of benzene rings is 2. The summed E-state index contributed by atoms with van der Waals surface area (Å²) in [4.78, 5) is 23.1. The first-order chi connectivity index (χ1) is 15.3. The van der Waals surface area contributed by atoms with Crippen LogP contribution < -0.4 is 5.06 Å². The minimum absolute atomic E-state index is 0.0282. The molecule has 1 heterocycles. The molecular weight excluding hydrogens is 416 g/mol. The number of aryl methyl sites for hydroxylation is 1. The predicted octanol–water partition coefficient (Wildman–Crippen LogP) is 5.00. The van der Waals surface area contributed by atoms with Crippen molar-refractivity contribution in [3.05, 3.63) is 64.4 Å². The maximum Gasteiger partial charge on any atom is 0.154 e. The number of hydroxylamine groups is 1. The van der Waals surface area contributed by atoms with Crippen LogP contribution in [0.5, 0.6) is 5.75 Å². The fraction of sp³-hybridized carbons (Fsp3) is 0.333. The number of aldehydes is 1. The van der Waals surface area contributed by atoms with Crippen molar-refractivity contribution in [2.45, 2.75) is 33.9 Å². The second kappa shape index (κ2) is 11.0. The number of aromatic hydroxyl groups is 1. The Labute approximate surface area is 187 Å². The Bertz CT molecular complexity index is 1110. The molecule has 3 rings (SSSR count). The van der Waals surface area contributed by atoms with E-state index in [0.29, 0.717) is 28.5 Å². The van der Waals surface area contributed by atoms with Gasteiger partial charge in [0, 0.05) is 42.8 Å². The van der Waals surface area contributed by atoms with E-state index in [-0.39, 0.29) is 35.5 Å². The van der Waals surface area contributed by atoms with Crippen LogP contribution in [0.2, 0.25) is 0 Å². The molecule has 0 amide bonds. The number of hydrogen-bond acceptors (Lipinski definition) is 6. The smallest absolute Gasteiger partial charge is 0.154 e. The maximum atomic E-state index is 14.4. The topological polar surface area (TPSA) is 65.9 Å². The minimum Gasteiger partial charge on any atom is -0.505 e. The third-order valence-electron chi connectivity index (χ3n) is 5.10. The van der Waals surface area contributed by atoms with Gasteiger partial charge in [0.2, 0.25) is 0 Å². The molecule has 2 aromatic carbocycles. The van der Waals surface area contributed by atoms with Crippen LogP contribution in [0.1, 0.15) is 40.9 Å². The zero-order valence-corrected chi connectivity index (χ0v) is 19.2. The molecule has 0 aliphatic rings. The molecule has 0 atom stereocenters. The quantitative estimate of drug-likeness (QED) is 0.408. The summed E-state index contributed by atoms with van der Waals surface area (Å²) < 4.78 is 28.7. The molecular formula is C24H29F2N3O3. The summed E-state index contributed by atoms with van der Waals surface area (Å²) in [5.41, 5.74) is 1.61. The largest absolute Gasteiger partial charge is 0.505 e. The van der Waals surface area contributed by atoms with Gasteiger partial charge in [-0.05, 0) is 37.7 Å². The molecule has 0 aliphatic carbocycles. The standard InChI is InChI=1S/C22H23F2N3O3.C2H6/c1-13-7-8-18(23)16(19(13)24)11-26(2)10-15-17(12-28)22(29)20-14(6-5-9-25-20)21(15)27(3)30-4;1-2/h5-9,12,29H,10-11H2,1-4H3;1-2H3. The Hall–Kier alpha value is -3.10. The Morgan fingerprint density at radius 3 is 2.41 bits per heavy atom. The molecule has 0 saturated heterocycles. The first kappa shape index (κ1) is 25.2. The van der Waals surface area contributed by atoms with Gasteiger partial charge in [0.25, 0.3) is 0 Å². The van der Waals surface area contributed by atoms with Crippen LogP contribution in [0.4, 0.5) is 14.5 Å². The molecule has 8 heteroatoms. The van der Waals surface area contributed by atoms with Crippen molar-refractivity contribution < 1.29 is 23.5 Å². The third kappa shape index (κ3) is 4.87. The number of nitrogens with zero attached hydrogens (tertiary/aromatic N) is 3. The van der Waals surface area contributed by atoms with Gasteiger partial charge in [0.05, 0.1) is 18.4 Å². The zero-order valence-electron chi connectivity index (χ0n) is 19.2. The molecule has 0 fully saturated rings. The van der Waals surface area contributed by atoms with Gasteiger partial charge < -0.3 is 5.11 Å². The highest BCUT2D eigenvalue weighted by Crippen LogP contribution is 2.39. The van der Waals surface area contributed by atoms with Crippen LogP contribution in [0.25, 0.3) is 10.9 Å². The van der Waals surface area contributed by atoms with E-state index >= 15 is 0 Å². The van der Waals surface area contributed by atoms with Crippen LogP contribution >= 0.6 is 0 Å². The van der Waals surface area contributed by atoms with Crippen LogP contribution in [0.15, 0.2) is 30.5 Å². The van der Waals surface area contributed by atoms with E-state index in [1.165, 1.54) is 30.5 Å². The highest BCUT2D eigenvalue weighted by Gasteiger charge is 2.24. The number of carbonyl (C=O) groups excluding carboxylic acids is 1. The fourth-order valence-electron chi connectivity index (χ4n) is 3.54. The van der Waals surface area contributed by atoms with E-state index < -0.39 is 11.6 Å². The van der Waals surface area contributed by atoms with Gasteiger partial charge in [-0.3, -0.25) is 24.6 Å². The molecule has 1 N–H and O–H groups in total. The average Bonchev–Trinajstić information content (AvgIpc) is 2.80. The second-order valence-electron chi connectivity index (χ2n) is 7.12. The van der Waals surface area contributed by atoms with Crippen LogP contribution in [0.3, 0.4) is 0 Å². The molecule has 0 aliphatic heterocycles. The summed E-state index contributed by atoms with van der Waals surface area (Å²) in [6, 6.07) is 6.08. The molecule has 32 heavy (non-hydrogen) atoms. The van der Waals surface area contributed by atoms with E-state index in [4.69, 9.17) is 4.84 Å². The van der Waals surface area contributed by atoms with Gasteiger partial charge in [-0.1, -0.05) is 19.9 Å². The summed E-state index contributed by atoms with van der Waals surface area (Å²) in [6.07, 6.45) is 2.07. The number of fused-ring (bicyclic) bond motifs is 1. The van der Waals surface area contributed by atoms with Crippen molar-refractivity contribution in [2.24, 2.45) is 0 Å². The van der Waals surface area contributed by atoms with Gasteiger partial charge in [0.15, 0.2) is 12.0 Å². The normalized spacial score (nSPS) is 10.8. The summed E-state index contributed by atoms with van der Waals surface area (Å²) in [7, 11) is 4.81. The lowest BCUT2D eigenvalue weighted by Crippen LogP contribution is -2.24. The van der Waals surface area contributed by atoms with Crippen LogP contribution in [0, 0.1) is 18.6 Å². The fourth-order valence-corrected chi connectivity index (χ4v) is 3.54. The van der Waals surface area contributed by atoms with Gasteiger partial charge in [-0.2, -0.15) is 0 Å². The molecule has 6 nitrogen and oxygen atoms in total. The Morgan fingerprint density at radius 2 is 1.78 bits per heavy atom. The van der Waals surface area contributed by atoms with Gasteiger partial charge in [-0.15, -0.1) is 0 Å². The molecule has 0 unspecified atom stereocenters. The molecule has 0 spiro atoms. The number of carbonyl (C=O) groups is 1. The van der Waals surface area contributed by atoms with Crippen molar-refractivity contribution in [2.75, 3.05) is 26.3 Å². The van der Waals surface area contributed by atoms with Crippen molar-refractivity contribution in [3.63, 3.8) is 0 Å².